The second kappa shape index (κ2) is 2.40. The van der Waals surface area contributed by atoms with Gasteiger partial charge in [-0.05, 0) is 5.57 Å². The van der Waals surface area contributed by atoms with Crippen molar-refractivity contribution in [1.29, 1.82) is 0 Å². The van der Waals surface area contributed by atoms with Crippen LogP contribution in [-0.4, -0.2) is 29.8 Å². The molecule has 50 valence electrons. The Labute approximate surface area is 59.1 Å². The van der Waals surface area contributed by atoms with Crippen molar-refractivity contribution in [2.24, 2.45) is 0 Å². The molecule has 1 rings (SSSR count). The molecule has 0 radical (unpaired) electrons. The standard InChI is InChI=1S/C6H8ClNO/c1-5-3-8(4-5)6(9)2-7/h1-4H2. The fourth-order valence-corrected chi connectivity index (χ4v) is 0.923. The molecule has 2 nitrogen and oxygen atoms in total. The van der Waals surface area contributed by atoms with Crippen molar-refractivity contribution in [3.8, 4) is 0 Å². The van der Waals surface area contributed by atoms with Gasteiger partial charge >= 0.3 is 0 Å². The van der Waals surface area contributed by atoms with E-state index in [-0.39, 0.29) is 11.8 Å². The number of rotatable bonds is 1. The zero-order valence-corrected chi connectivity index (χ0v) is 5.82. The molecule has 0 unspecified atom stereocenters. The lowest BCUT2D eigenvalue weighted by molar-refractivity contribution is -0.129. The summed E-state index contributed by atoms with van der Waals surface area (Å²) in [6, 6.07) is 0. The van der Waals surface area contributed by atoms with Gasteiger partial charge in [0.1, 0.15) is 5.88 Å². The number of nitrogens with zero attached hydrogens (tertiary/aromatic N) is 1. The van der Waals surface area contributed by atoms with Crippen molar-refractivity contribution in [2.75, 3.05) is 19.0 Å². The lowest BCUT2D eigenvalue weighted by atomic mass is 10.1. The number of halogens is 1. The van der Waals surface area contributed by atoms with Crippen LogP contribution in [0.2, 0.25) is 0 Å². The van der Waals surface area contributed by atoms with Crippen LogP contribution in [0.4, 0.5) is 0 Å². The molecule has 1 amide bonds. The third-order valence-corrected chi connectivity index (χ3v) is 1.52. The van der Waals surface area contributed by atoms with Gasteiger partial charge in [-0.25, -0.2) is 0 Å². The molecular weight excluding hydrogens is 138 g/mol. The number of likely N-dealkylation sites (tertiary alicyclic amines) is 1. The van der Waals surface area contributed by atoms with Crippen molar-refractivity contribution in [3.05, 3.63) is 12.2 Å². The SMILES string of the molecule is C=C1CN(C(=O)CCl)C1. The van der Waals surface area contributed by atoms with Crippen molar-refractivity contribution in [1.82, 2.24) is 4.90 Å². The monoisotopic (exact) mass is 145 g/mol. The molecule has 9 heavy (non-hydrogen) atoms. The quantitative estimate of drug-likeness (QED) is 0.392. The van der Waals surface area contributed by atoms with E-state index in [9.17, 15) is 4.79 Å². The average molecular weight is 146 g/mol. The third-order valence-electron chi connectivity index (χ3n) is 1.30. The highest BCUT2D eigenvalue weighted by Gasteiger charge is 2.21. The lowest BCUT2D eigenvalue weighted by Crippen LogP contribution is -2.44. The van der Waals surface area contributed by atoms with Gasteiger partial charge in [0.05, 0.1) is 0 Å². The van der Waals surface area contributed by atoms with Gasteiger partial charge in [0, 0.05) is 13.1 Å². The number of amides is 1. The summed E-state index contributed by atoms with van der Waals surface area (Å²) in [6.45, 7) is 5.09. The minimum Gasteiger partial charge on any atom is -0.334 e. The van der Waals surface area contributed by atoms with E-state index in [2.05, 4.69) is 6.58 Å². The highest BCUT2D eigenvalue weighted by molar-refractivity contribution is 6.27. The van der Waals surface area contributed by atoms with Gasteiger partial charge in [-0.15, -0.1) is 11.6 Å². The molecule has 0 saturated carbocycles. The molecule has 0 aromatic carbocycles. The Balaban J connectivity index is 2.31. The summed E-state index contributed by atoms with van der Waals surface area (Å²) in [6.07, 6.45) is 0. The fourth-order valence-electron chi connectivity index (χ4n) is 0.754. The predicted molar refractivity (Wildman–Crippen MR) is 36.4 cm³/mol. The van der Waals surface area contributed by atoms with Gasteiger partial charge < -0.3 is 4.90 Å². The third kappa shape index (κ3) is 1.24. The van der Waals surface area contributed by atoms with Gasteiger partial charge in [-0.3, -0.25) is 4.79 Å². The minimum atomic E-state index is 0.00377. The maximum Gasteiger partial charge on any atom is 0.238 e. The molecule has 0 atom stereocenters. The minimum absolute atomic E-state index is 0.00377. The maximum absolute atomic E-state index is 10.7. The number of carbonyl (C=O) groups is 1. The van der Waals surface area contributed by atoms with Crippen molar-refractivity contribution >= 4 is 17.5 Å². The summed E-state index contributed by atoms with van der Waals surface area (Å²) >= 11 is 5.29. The normalized spacial score (nSPS) is 17.4. The van der Waals surface area contributed by atoms with Crippen molar-refractivity contribution < 1.29 is 4.79 Å². The first-order chi connectivity index (χ1) is 4.24. The first kappa shape index (κ1) is 6.62. The Hall–Kier alpha value is -0.500. The average Bonchev–Trinajstić information content (AvgIpc) is 1.79. The number of carbonyl (C=O) groups excluding carboxylic acids is 1. The van der Waals surface area contributed by atoms with E-state index in [0.717, 1.165) is 5.57 Å². The van der Waals surface area contributed by atoms with Crippen molar-refractivity contribution in [3.63, 3.8) is 0 Å². The summed E-state index contributed by atoms with van der Waals surface area (Å²) in [5.41, 5.74) is 1.11. The Bertz CT molecular complexity index is 147. The maximum atomic E-state index is 10.7. The van der Waals surface area contributed by atoms with Gasteiger partial charge in [0.15, 0.2) is 0 Å². The molecule has 3 heteroatoms. The Morgan fingerprint density at radius 1 is 1.78 bits per heavy atom. The molecule has 0 aromatic heterocycles. The Morgan fingerprint density at radius 3 is 2.67 bits per heavy atom. The van der Waals surface area contributed by atoms with Gasteiger partial charge in [-0.1, -0.05) is 6.58 Å². The zero-order valence-electron chi connectivity index (χ0n) is 5.06. The summed E-state index contributed by atoms with van der Waals surface area (Å²) in [4.78, 5) is 12.4. The molecule has 1 aliphatic heterocycles. The van der Waals surface area contributed by atoms with E-state index in [0.29, 0.717) is 13.1 Å². The smallest absolute Gasteiger partial charge is 0.238 e. The topological polar surface area (TPSA) is 20.3 Å². The van der Waals surface area contributed by atoms with E-state index in [1.165, 1.54) is 0 Å². The summed E-state index contributed by atoms with van der Waals surface area (Å²) in [5, 5.41) is 0. The molecule has 1 fully saturated rings. The van der Waals surface area contributed by atoms with Crippen LogP contribution in [0.15, 0.2) is 12.2 Å². The first-order valence-corrected chi connectivity index (χ1v) is 3.28. The first-order valence-electron chi connectivity index (χ1n) is 2.74. The van der Waals surface area contributed by atoms with Crippen LogP contribution in [0.3, 0.4) is 0 Å². The van der Waals surface area contributed by atoms with Gasteiger partial charge in [0.25, 0.3) is 0 Å². The van der Waals surface area contributed by atoms with Crippen LogP contribution < -0.4 is 0 Å². The lowest BCUT2D eigenvalue weighted by Gasteiger charge is -2.32. The molecule has 0 aliphatic carbocycles. The second-order valence-corrected chi connectivity index (χ2v) is 2.40. The second-order valence-electron chi connectivity index (χ2n) is 2.13. The summed E-state index contributed by atoms with van der Waals surface area (Å²) < 4.78 is 0. The summed E-state index contributed by atoms with van der Waals surface area (Å²) in [5.74, 6) is 0.0943. The van der Waals surface area contributed by atoms with Gasteiger partial charge in [-0.2, -0.15) is 0 Å². The zero-order chi connectivity index (χ0) is 6.85. The largest absolute Gasteiger partial charge is 0.334 e. The van der Waals surface area contributed by atoms with Crippen LogP contribution in [0, 0.1) is 0 Å². The van der Waals surface area contributed by atoms with E-state index >= 15 is 0 Å². The molecule has 1 heterocycles. The molecule has 1 aliphatic rings. The number of alkyl halides is 1. The fraction of sp³-hybridized carbons (Fsp3) is 0.500. The number of hydrogen-bond acceptors (Lipinski definition) is 1. The van der Waals surface area contributed by atoms with Crippen molar-refractivity contribution in [2.45, 2.75) is 0 Å². The van der Waals surface area contributed by atoms with Crippen LogP contribution in [0.5, 0.6) is 0 Å². The molecule has 0 aromatic rings. The van der Waals surface area contributed by atoms with E-state index in [1.807, 2.05) is 0 Å². The molecule has 0 N–H and O–H groups in total. The Morgan fingerprint density at radius 2 is 2.33 bits per heavy atom. The highest BCUT2D eigenvalue weighted by atomic mass is 35.5. The van der Waals surface area contributed by atoms with Crippen LogP contribution in [0.25, 0.3) is 0 Å². The number of hydrogen-bond donors (Lipinski definition) is 0. The van der Waals surface area contributed by atoms with E-state index in [1.54, 1.807) is 4.90 Å². The van der Waals surface area contributed by atoms with Gasteiger partial charge in [0.2, 0.25) is 5.91 Å². The van der Waals surface area contributed by atoms with Crippen LogP contribution in [0.1, 0.15) is 0 Å². The summed E-state index contributed by atoms with van der Waals surface area (Å²) in [7, 11) is 0. The van der Waals surface area contributed by atoms with Crippen LogP contribution >= 0.6 is 11.6 Å². The molecular formula is C6H8ClNO. The Kier molecular flexibility index (Phi) is 1.76. The van der Waals surface area contributed by atoms with Crippen LogP contribution in [-0.2, 0) is 4.79 Å². The molecule has 0 spiro atoms. The highest BCUT2D eigenvalue weighted by Crippen LogP contribution is 2.11. The molecule has 0 bridgehead atoms. The molecule has 1 saturated heterocycles. The van der Waals surface area contributed by atoms with E-state index < -0.39 is 0 Å². The van der Waals surface area contributed by atoms with E-state index in [4.69, 9.17) is 11.6 Å². The predicted octanol–water partition coefficient (Wildman–Crippen LogP) is 0.624.